The monoisotopic (exact) mass is 259 g/mol. The normalized spacial score (nSPS) is 10.6. The predicted octanol–water partition coefficient (Wildman–Crippen LogP) is 2.73. The van der Waals surface area contributed by atoms with Gasteiger partial charge in [-0.05, 0) is 18.1 Å². The first kappa shape index (κ1) is 13.6. The molecule has 1 aromatic rings. The zero-order chi connectivity index (χ0) is 12.9. The molecule has 0 saturated carbocycles. The summed E-state index contributed by atoms with van der Waals surface area (Å²) in [4.78, 5) is 13.9. The molecule has 0 saturated heterocycles. The molecule has 6 heteroatoms. The Balaban J connectivity index is 2.76. The molecule has 0 bridgehead atoms. The second-order valence-electron chi connectivity index (χ2n) is 2.99. The molecule has 2 nitrogen and oxygen atoms in total. The molecule has 17 heavy (non-hydrogen) atoms. The lowest BCUT2D eigenvalue weighted by molar-refractivity contribution is -0.141. The minimum atomic E-state index is -4.47. The minimum Gasteiger partial charge on any atom is -0.288 e. The maximum atomic E-state index is 12.3. The van der Waals surface area contributed by atoms with Crippen molar-refractivity contribution < 1.29 is 18.0 Å². The van der Waals surface area contributed by atoms with Gasteiger partial charge in [-0.3, -0.25) is 4.79 Å². The summed E-state index contributed by atoms with van der Waals surface area (Å²) < 4.78 is 36.9. The highest BCUT2D eigenvalue weighted by Crippen LogP contribution is 2.27. The van der Waals surface area contributed by atoms with Crippen molar-refractivity contribution in [1.82, 2.24) is 4.98 Å². The van der Waals surface area contributed by atoms with E-state index >= 15 is 0 Å². The topological polar surface area (TPSA) is 30.0 Å². The number of carbonyl (C=O) groups excluding carboxylic acids is 1. The average molecular weight is 259 g/mol. The Morgan fingerprint density at radius 3 is 2.76 bits per heavy atom. The maximum Gasteiger partial charge on any atom is 0.433 e. The average Bonchev–Trinajstić information content (AvgIpc) is 2.23. The van der Waals surface area contributed by atoms with E-state index in [0.717, 1.165) is 17.8 Å². The fourth-order valence-corrected chi connectivity index (χ4v) is 1.27. The smallest absolute Gasteiger partial charge is 0.288 e. The van der Waals surface area contributed by atoms with Crippen LogP contribution in [0.4, 0.5) is 13.2 Å². The number of thioether (sulfide) groups is 1. The van der Waals surface area contributed by atoms with Gasteiger partial charge >= 0.3 is 6.18 Å². The first-order valence-corrected chi connectivity index (χ1v) is 5.54. The van der Waals surface area contributed by atoms with E-state index in [1.807, 2.05) is 0 Å². The van der Waals surface area contributed by atoms with Gasteiger partial charge in [-0.15, -0.1) is 0 Å². The summed E-state index contributed by atoms with van der Waals surface area (Å²) in [6.07, 6.45) is -4.47. The summed E-state index contributed by atoms with van der Waals surface area (Å²) in [5, 5.41) is -0.0868. The lowest BCUT2D eigenvalue weighted by atomic mass is 10.3. The van der Waals surface area contributed by atoms with Crippen LogP contribution in [0.1, 0.15) is 18.3 Å². The van der Waals surface area contributed by atoms with Gasteiger partial charge in [0, 0.05) is 6.92 Å². The van der Waals surface area contributed by atoms with Gasteiger partial charge in [-0.25, -0.2) is 4.98 Å². The summed E-state index contributed by atoms with van der Waals surface area (Å²) >= 11 is 0.998. The molecule has 0 fully saturated rings. The minimum absolute atomic E-state index is 0.0453. The van der Waals surface area contributed by atoms with Gasteiger partial charge in [-0.1, -0.05) is 23.7 Å². The molecule has 0 aliphatic carbocycles. The number of hydrogen-bond donors (Lipinski definition) is 0. The number of halogens is 3. The Kier molecular flexibility index (Phi) is 4.58. The van der Waals surface area contributed by atoms with Crippen molar-refractivity contribution in [1.29, 1.82) is 0 Å². The molecule has 1 aromatic heterocycles. The first-order chi connectivity index (χ1) is 7.89. The van der Waals surface area contributed by atoms with E-state index in [9.17, 15) is 18.0 Å². The number of aromatic nitrogens is 1. The Morgan fingerprint density at radius 2 is 2.18 bits per heavy atom. The molecule has 1 rings (SSSR count). The number of pyridine rings is 1. The number of alkyl halides is 3. The van der Waals surface area contributed by atoms with E-state index in [1.54, 1.807) is 0 Å². The summed E-state index contributed by atoms with van der Waals surface area (Å²) in [6, 6.07) is 3.52. The Hall–Kier alpha value is -1.48. The molecule has 1 heterocycles. The maximum absolute atomic E-state index is 12.3. The molecule has 0 aliphatic rings. The molecular formula is C11H8F3NOS. The summed E-state index contributed by atoms with van der Waals surface area (Å²) in [7, 11) is 0. The van der Waals surface area contributed by atoms with Crippen LogP contribution in [0.3, 0.4) is 0 Å². The van der Waals surface area contributed by atoms with Gasteiger partial charge < -0.3 is 0 Å². The van der Waals surface area contributed by atoms with Crippen LogP contribution in [0.25, 0.3) is 0 Å². The molecule has 0 radical (unpaired) electrons. The van der Waals surface area contributed by atoms with Crippen LogP contribution in [0, 0.1) is 11.8 Å². The first-order valence-electron chi connectivity index (χ1n) is 4.56. The van der Waals surface area contributed by atoms with Crippen LogP contribution < -0.4 is 0 Å². The summed E-state index contributed by atoms with van der Waals surface area (Å²) in [5.41, 5.74) is -0.924. The molecule has 90 valence electrons. The fourth-order valence-electron chi connectivity index (χ4n) is 0.927. The Bertz CT molecular complexity index is 474. The Labute approximate surface area is 101 Å². The van der Waals surface area contributed by atoms with Gasteiger partial charge in [-0.2, -0.15) is 13.2 Å². The van der Waals surface area contributed by atoms with Crippen LogP contribution in [0.5, 0.6) is 0 Å². The molecule has 0 amide bonds. The zero-order valence-electron chi connectivity index (χ0n) is 8.84. The van der Waals surface area contributed by atoms with Crippen molar-refractivity contribution in [2.24, 2.45) is 0 Å². The van der Waals surface area contributed by atoms with Gasteiger partial charge in [0.25, 0.3) is 0 Å². The van der Waals surface area contributed by atoms with Gasteiger partial charge in [0.05, 0.1) is 5.75 Å². The predicted molar refractivity (Wildman–Crippen MR) is 59.3 cm³/mol. The number of hydrogen-bond acceptors (Lipinski definition) is 3. The van der Waals surface area contributed by atoms with Crippen molar-refractivity contribution in [3.8, 4) is 11.8 Å². The van der Waals surface area contributed by atoms with E-state index in [-0.39, 0.29) is 16.6 Å². The van der Waals surface area contributed by atoms with Crippen molar-refractivity contribution in [3.05, 3.63) is 29.6 Å². The van der Waals surface area contributed by atoms with Gasteiger partial charge in [0.15, 0.2) is 5.12 Å². The van der Waals surface area contributed by atoms with Crippen LogP contribution >= 0.6 is 11.8 Å². The van der Waals surface area contributed by atoms with Crippen molar-refractivity contribution >= 4 is 16.9 Å². The highest BCUT2D eigenvalue weighted by atomic mass is 32.2. The molecule has 0 N–H and O–H groups in total. The molecule has 0 aliphatic heterocycles. The summed E-state index contributed by atoms with van der Waals surface area (Å²) in [6.45, 7) is 1.40. The quantitative estimate of drug-likeness (QED) is 0.726. The van der Waals surface area contributed by atoms with E-state index < -0.39 is 11.9 Å². The van der Waals surface area contributed by atoms with Gasteiger partial charge in [0.1, 0.15) is 11.4 Å². The van der Waals surface area contributed by atoms with Crippen LogP contribution in [-0.4, -0.2) is 15.9 Å². The second kappa shape index (κ2) is 5.73. The van der Waals surface area contributed by atoms with E-state index in [0.29, 0.717) is 0 Å². The fraction of sp³-hybridized carbons (Fsp3) is 0.273. The highest BCUT2D eigenvalue weighted by molar-refractivity contribution is 8.13. The molecule has 0 unspecified atom stereocenters. The van der Waals surface area contributed by atoms with Crippen molar-refractivity contribution in [3.63, 3.8) is 0 Å². The SMILES string of the molecule is CC(=O)SCC#Cc1cccc(C(F)(F)F)n1. The number of carbonyl (C=O) groups is 1. The zero-order valence-corrected chi connectivity index (χ0v) is 9.65. The number of nitrogens with zero attached hydrogens (tertiary/aromatic N) is 1. The second-order valence-corrected chi connectivity index (χ2v) is 4.14. The van der Waals surface area contributed by atoms with Gasteiger partial charge in [0.2, 0.25) is 0 Å². The lowest BCUT2D eigenvalue weighted by Gasteiger charge is -2.04. The third-order valence-electron chi connectivity index (χ3n) is 1.60. The molecule has 0 atom stereocenters. The molecular weight excluding hydrogens is 251 g/mol. The third-order valence-corrected chi connectivity index (χ3v) is 2.30. The Morgan fingerprint density at radius 1 is 1.47 bits per heavy atom. The summed E-state index contributed by atoms with van der Waals surface area (Å²) in [5.74, 6) is 5.30. The molecule has 0 aromatic carbocycles. The van der Waals surface area contributed by atoms with E-state index in [1.165, 1.54) is 19.1 Å². The van der Waals surface area contributed by atoms with E-state index in [4.69, 9.17) is 0 Å². The third kappa shape index (κ3) is 4.91. The largest absolute Gasteiger partial charge is 0.433 e. The van der Waals surface area contributed by atoms with Crippen LogP contribution in [-0.2, 0) is 11.0 Å². The van der Waals surface area contributed by atoms with Crippen LogP contribution in [0.2, 0.25) is 0 Å². The standard InChI is InChI=1S/C11H8F3NOS/c1-8(16)17-7-3-5-9-4-2-6-10(15-9)11(12,13)14/h2,4,6H,7H2,1H3. The van der Waals surface area contributed by atoms with Crippen molar-refractivity contribution in [2.45, 2.75) is 13.1 Å². The van der Waals surface area contributed by atoms with Crippen LogP contribution in [0.15, 0.2) is 18.2 Å². The lowest BCUT2D eigenvalue weighted by Crippen LogP contribution is -2.08. The van der Waals surface area contributed by atoms with Crippen molar-refractivity contribution in [2.75, 3.05) is 5.75 Å². The van der Waals surface area contributed by atoms with E-state index in [2.05, 4.69) is 16.8 Å². The highest BCUT2D eigenvalue weighted by Gasteiger charge is 2.32. The number of rotatable bonds is 1. The molecule has 0 spiro atoms.